The molecule has 0 saturated heterocycles. The summed E-state index contributed by atoms with van der Waals surface area (Å²) in [6, 6.07) is 1.41. The van der Waals surface area contributed by atoms with E-state index in [1.165, 1.54) is 6.07 Å². The van der Waals surface area contributed by atoms with E-state index in [0.717, 1.165) is 0 Å². The molecule has 0 saturated carbocycles. The first kappa shape index (κ1) is 11.3. The van der Waals surface area contributed by atoms with Gasteiger partial charge in [-0.2, -0.15) is 0 Å². The smallest absolute Gasteiger partial charge is 0.356 e. The Morgan fingerprint density at radius 2 is 2.00 bits per heavy atom. The van der Waals surface area contributed by atoms with Gasteiger partial charge in [0.1, 0.15) is 0 Å². The van der Waals surface area contributed by atoms with Gasteiger partial charge in [-0.15, -0.1) is 0 Å². The van der Waals surface area contributed by atoms with E-state index < -0.39 is 5.97 Å². The highest BCUT2D eigenvalue weighted by molar-refractivity contribution is 6.36. The van der Waals surface area contributed by atoms with Gasteiger partial charge in [0.2, 0.25) is 0 Å². The molecule has 5 heteroatoms. The summed E-state index contributed by atoms with van der Waals surface area (Å²) >= 11 is 11.5. The van der Waals surface area contributed by atoms with Crippen molar-refractivity contribution >= 4 is 29.2 Å². The van der Waals surface area contributed by atoms with E-state index in [2.05, 4.69) is 4.98 Å². The Balaban J connectivity index is 3.34. The lowest BCUT2D eigenvalue weighted by Crippen LogP contribution is -2.05. The first-order valence-electron chi connectivity index (χ1n) is 4.02. The molecule has 0 aromatic carbocycles. The van der Waals surface area contributed by atoms with Crippen LogP contribution in [0, 0.1) is 0 Å². The maximum Gasteiger partial charge on any atom is 0.356 e. The number of pyridine rings is 1. The minimum Gasteiger partial charge on any atom is -0.476 e. The first-order chi connectivity index (χ1) is 6.43. The Labute approximate surface area is 91.7 Å². The molecular weight excluding hydrogens is 225 g/mol. The van der Waals surface area contributed by atoms with Crippen LogP contribution in [0.25, 0.3) is 0 Å². The van der Waals surface area contributed by atoms with Crippen molar-refractivity contribution in [2.24, 2.45) is 0 Å². The molecule has 0 radical (unpaired) electrons. The van der Waals surface area contributed by atoms with E-state index in [1.807, 2.05) is 13.8 Å². The van der Waals surface area contributed by atoms with Gasteiger partial charge in [-0.1, -0.05) is 37.0 Å². The molecule has 0 aliphatic carbocycles. The quantitative estimate of drug-likeness (QED) is 0.854. The van der Waals surface area contributed by atoms with Gasteiger partial charge in [0.15, 0.2) is 5.69 Å². The number of carboxylic acid groups (broad SMARTS) is 1. The van der Waals surface area contributed by atoms with Gasteiger partial charge in [-0.3, -0.25) is 0 Å². The molecule has 0 unspecified atom stereocenters. The van der Waals surface area contributed by atoms with Crippen LogP contribution in [0.3, 0.4) is 0 Å². The number of nitrogens with zero attached hydrogens (tertiary/aromatic N) is 1. The summed E-state index contributed by atoms with van der Waals surface area (Å²) in [6.07, 6.45) is 0. The van der Waals surface area contributed by atoms with Gasteiger partial charge in [0.25, 0.3) is 0 Å². The zero-order chi connectivity index (χ0) is 10.9. The second kappa shape index (κ2) is 4.15. The van der Waals surface area contributed by atoms with E-state index in [9.17, 15) is 4.79 Å². The summed E-state index contributed by atoms with van der Waals surface area (Å²) in [5.74, 6) is -1.08. The minimum absolute atomic E-state index is 0.0619. The molecule has 1 rings (SSSR count). The maximum atomic E-state index is 10.7. The maximum absolute atomic E-state index is 10.7. The number of hydrogen-bond acceptors (Lipinski definition) is 2. The Morgan fingerprint density at radius 1 is 1.43 bits per heavy atom. The van der Waals surface area contributed by atoms with Gasteiger partial charge in [-0.05, 0) is 12.0 Å². The lowest BCUT2D eigenvalue weighted by molar-refractivity contribution is 0.0690. The number of carboxylic acids is 1. The summed E-state index contributed by atoms with van der Waals surface area (Å²) in [6.45, 7) is 3.77. The van der Waals surface area contributed by atoms with Crippen LogP contribution in [-0.4, -0.2) is 16.1 Å². The molecule has 1 aromatic heterocycles. The molecule has 0 aliphatic rings. The standard InChI is InChI=1S/C9H9Cl2NO2/c1-4(2)7-5(10)3-6(11)8(12-7)9(13)14/h3-4H,1-2H3,(H,13,14). The lowest BCUT2D eigenvalue weighted by Gasteiger charge is -2.08. The fourth-order valence-electron chi connectivity index (χ4n) is 1.04. The van der Waals surface area contributed by atoms with Crippen molar-refractivity contribution in [3.63, 3.8) is 0 Å². The fourth-order valence-corrected chi connectivity index (χ4v) is 1.69. The third kappa shape index (κ3) is 2.16. The number of aromatic carboxylic acids is 1. The largest absolute Gasteiger partial charge is 0.476 e. The molecule has 76 valence electrons. The fraction of sp³-hybridized carbons (Fsp3) is 0.333. The summed E-state index contributed by atoms with van der Waals surface area (Å²) in [7, 11) is 0. The van der Waals surface area contributed by atoms with Crippen LogP contribution < -0.4 is 0 Å². The van der Waals surface area contributed by atoms with Crippen molar-refractivity contribution < 1.29 is 9.90 Å². The Bertz CT molecular complexity index is 377. The monoisotopic (exact) mass is 233 g/mol. The van der Waals surface area contributed by atoms with E-state index in [-0.39, 0.29) is 16.6 Å². The van der Waals surface area contributed by atoms with Crippen molar-refractivity contribution in [1.82, 2.24) is 4.98 Å². The molecule has 0 bridgehead atoms. The third-order valence-corrected chi connectivity index (χ3v) is 2.30. The van der Waals surface area contributed by atoms with Crippen molar-refractivity contribution in [3.8, 4) is 0 Å². The van der Waals surface area contributed by atoms with Gasteiger partial charge in [-0.25, -0.2) is 9.78 Å². The molecule has 0 aliphatic heterocycles. The van der Waals surface area contributed by atoms with Crippen molar-refractivity contribution in [2.75, 3.05) is 0 Å². The van der Waals surface area contributed by atoms with Crippen LogP contribution in [0.5, 0.6) is 0 Å². The minimum atomic E-state index is -1.14. The van der Waals surface area contributed by atoms with Crippen LogP contribution in [0.15, 0.2) is 6.07 Å². The molecule has 0 amide bonds. The summed E-state index contributed by atoms with van der Waals surface area (Å²) in [5.41, 5.74) is 0.397. The van der Waals surface area contributed by atoms with E-state index >= 15 is 0 Å². The van der Waals surface area contributed by atoms with Gasteiger partial charge in [0.05, 0.1) is 15.7 Å². The van der Waals surface area contributed by atoms with E-state index in [1.54, 1.807) is 0 Å². The van der Waals surface area contributed by atoms with Crippen molar-refractivity contribution in [1.29, 1.82) is 0 Å². The van der Waals surface area contributed by atoms with E-state index in [4.69, 9.17) is 28.3 Å². The second-order valence-electron chi connectivity index (χ2n) is 3.15. The Kier molecular flexibility index (Phi) is 3.34. The Morgan fingerprint density at radius 3 is 2.43 bits per heavy atom. The molecule has 1 aromatic rings. The highest BCUT2D eigenvalue weighted by Crippen LogP contribution is 2.27. The molecule has 3 nitrogen and oxygen atoms in total. The van der Waals surface area contributed by atoms with Crippen molar-refractivity contribution in [3.05, 3.63) is 27.5 Å². The lowest BCUT2D eigenvalue weighted by atomic mass is 10.1. The normalized spacial score (nSPS) is 10.6. The number of carbonyl (C=O) groups is 1. The molecule has 0 atom stereocenters. The third-order valence-electron chi connectivity index (χ3n) is 1.71. The Hall–Kier alpha value is -0.800. The van der Waals surface area contributed by atoms with Crippen molar-refractivity contribution in [2.45, 2.75) is 19.8 Å². The molecule has 14 heavy (non-hydrogen) atoms. The number of halogens is 2. The molecule has 0 fully saturated rings. The van der Waals surface area contributed by atoms with Gasteiger partial charge < -0.3 is 5.11 Å². The summed E-state index contributed by atoms with van der Waals surface area (Å²) in [5, 5.41) is 9.23. The van der Waals surface area contributed by atoms with Gasteiger partial charge >= 0.3 is 5.97 Å². The molecular formula is C9H9Cl2NO2. The average molecular weight is 234 g/mol. The van der Waals surface area contributed by atoms with Crippen LogP contribution in [0.4, 0.5) is 0 Å². The predicted octanol–water partition coefficient (Wildman–Crippen LogP) is 3.21. The number of aromatic nitrogens is 1. The average Bonchev–Trinajstić information content (AvgIpc) is 2.02. The van der Waals surface area contributed by atoms with Gasteiger partial charge in [0, 0.05) is 0 Å². The van der Waals surface area contributed by atoms with Crippen LogP contribution in [0.1, 0.15) is 35.9 Å². The SMILES string of the molecule is CC(C)c1nc(C(=O)O)c(Cl)cc1Cl. The summed E-state index contributed by atoms with van der Waals surface area (Å²) < 4.78 is 0. The highest BCUT2D eigenvalue weighted by atomic mass is 35.5. The predicted molar refractivity (Wildman–Crippen MR) is 55.3 cm³/mol. The van der Waals surface area contributed by atoms with Crippen LogP contribution in [0.2, 0.25) is 10.0 Å². The molecule has 0 spiro atoms. The molecule has 1 heterocycles. The highest BCUT2D eigenvalue weighted by Gasteiger charge is 2.16. The molecule has 1 N–H and O–H groups in total. The zero-order valence-electron chi connectivity index (χ0n) is 7.71. The number of hydrogen-bond donors (Lipinski definition) is 1. The second-order valence-corrected chi connectivity index (χ2v) is 3.96. The van der Waals surface area contributed by atoms with Crippen LogP contribution in [-0.2, 0) is 0 Å². The summed E-state index contributed by atoms with van der Waals surface area (Å²) in [4.78, 5) is 14.6. The first-order valence-corrected chi connectivity index (χ1v) is 4.78. The number of rotatable bonds is 2. The van der Waals surface area contributed by atoms with Crippen LogP contribution >= 0.6 is 23.2 Å². The zero-order valence-corrected chi connectivity index (χ0v) is 9.23. The topological polar surface area (TPSA) is 50.2 Å². The van der Waals surface area contributed by atoms with E-state index in [0.29, 0.717) is 10.7 Å².